The second-order valence-electron chi connectivity index (χ2n) is 7.96. The van der Waals surface area contributed by atoms with Gasteiger partial charge in [0, 0.05) is 47.7 Å². The molecule has 0 aliphatic carbocycles. The summed E-state index contributed by atoms with van der Waals surface area (Å²) < 4.78 is 10.3. The van der Waals surface area contributed by atoms with Crippen LogP contribution in [0.15, 0.2) is 48.5 Å². The number of ether oxygens (including phenoxy) is 2. The fourth-order valence-electron chi connectivity index (χ4n) is 3.55. The molecule has 2 aromatic rings. The second-order valence-corrected chi connectivity index (χ2v) is 7.96. The molecule has 1 aliphatic heterocycles. The number of rotatable bonds is 7. The van der Waals surface area contributed by atoms with E-state index in [0.29, 0.717) is 24.3 Å². The molecule has 0 bridgehead atoms. The minimum Gasteiger partial charge on any atom is -0.497 e. The van der Waals surface area contributed by atoms with E-state index >= 15 is 0 Å². The molecule has 0 spiro atoms. The fraction of sp³-hybridized carbons (Fsp3) is 0.333. The summed E-state index contributed by atoms with van der Waals surface area (Å²) in [5, 5.41) is 6.23. The van der Waals surface area contributed by atoms with Crippen LogP contribution in [-0.4, -0.2) is 44.6 Å². The Morgan fingerprint density at radius 3 is 2.63 bits per heavy atom. The zero-order chi connectivity index (χ0) is 21.7. The van der Waals surface area contributed by atoms with Crippen molar-refractivity contribution in [3.8, 4) is 5.75 Å². The van der Waals surface area contributed by atoms with Gasteiger partial charge < -0.3 is 20.1 Å². The van der Waals surface area contributed by atoms with Gasteiger partial charge in [-0.2, -0.15) is 0 Å². The third kappa shape index (κ3) is 5.07. The molecule has 2 N–H and O–H groups in total. The molecule has 0 aromatic heterocycles. The van der Waals surface area contributed by atoms with E-state index < -0.39 is 0 Å². The normalized spacial score (nSPS) is 15.8. The number of benzene rings is 2. The van der Waals surface area contributed by atoms with Crippen LogP contribution in [-0.2, 0) is 11.2 Å². The first-order chi connectivity index (χ1) is 14.3. The summed E-state index contributed by atoms with van der Waals surface area (Å²) in [6.07, 6.45) is 2.44. The number of hydrogen-bond donors (Lipinski definition) is 2. The van der Waals surface area contributed by atoms with E-state index in [2.05, 4.69) is 24.5 Å². The van der Waals surface area contributed by atoms with Gasteiger partial charge in [0.25, 0.3) is 5.91 Å². The van der Waals surface area contributed by atoms with Gasteiger partial charge in [0.1, 0.15) is 5.75 Å². The van der Waals surface area contributed by atoms with E-state index in [9.17, 15) is 9.59 Å². The van der Waals surface area contributed by atoms with Crippen LogP contribution in [0.4, 0.5) is 0 Å². The van der Waals surface area contributed by atoms with Gasteiger partial charge >= 0.3 is 0 Å². The number of carbonyl (C=O) groups is 2. The van der Waals surface area contributed by atoms with E-state index in [1.165, 1.54) is 0 Å². The molecule has 30 heavy (non-hydrogen) atoms. The molecule has 0 atom stereocenters. The maximum absolute atomic E-state index is 13.0. The smallest absolute Gasteiger partial charge is 0.251 e. The molecule has 0 fully saturated rings. The van der Waals surface area contributed by atoms with E-state index in [-0.39, 0.29) is 17.2 Å². The number of methoxy groups -OCH3 is 2. The first kappa shape index (κ1) is 21.6. The summed E-state index contributed by atoms with van der Waals surface area (Å²) in [7, 11) is 3.20. The molecule has 1 amide bonds. The maximum atomic E-state index is 13.0. The lowest BCUT2D eigenvalue weighted by molar-refractivity contribution is 0.0937. The predicted octanol–water partition coefficient (Wildman–Crippen LogP) is 3.22. The van der Waals surface area contributed by atoms with Crippen molar-refractivity contribution in [1.82, 2.24) is 10.6 Å². The summed E-state index contributed by atoms with van der Waals surface area (Å²) >= 11 is 0. The van der Waals surface area contributed by atoms with E-state index in [1.54, 1.807) is 44.6 Å². The van der Waals surface area contributed by atoms with Crippen LogP contribution in [0.5, 0.6) is 5.75 Å². The van der Waals surface area contributed by atoms with Crippen LogP contribution >= 0.6 is 0 Å². The minimum absolute atomic E-state index is 0.171. The van der Waals surface area contributed by atoms with Gasteiger partial charge in [0.2, 0.25) is 0 Å². The first-order valence-corrected chi connectivity index (χ1v) is 9.91. The molecule has 6 nitrogen and oxygen atoms in total. The number of carbonyl (C=O) groups excluding carboxylic acids is 2. The Morgan fingerprint density at radius 2 is 1.90 bits per heavy atom. The van der Waals surface area contributed by atoms with Crippen molar-refractivity contribution in [2.24, 2.45) is 0 Å². The monoisotopic (exact) mass is 408 g/mol. The van der Waals surface area contributed by atoms with Crippen LogP contribution in [0.1, 0.15) is 45.7 Å². The second kappa shape index (κ2) is 9.13. The van der Waals surface area contributed by atoms with Gasteiger partial charge in [-0.05, 0) is 50.1 Å². The van der Waals surface area contributed by atoms with Crippen LogP contribution in [0.2, 0.25) is 0 Å². The van der Waals surface area contributed by atoms with Crippen LogP contribution < -0.4 is 15.4 Å². The Morgan fingerprint density at radius 1 is 1.13 bits per heavy atom. The lowest BCUT2D eigenvalue weighted by Gasteiger charge is -2.35. The molecule has 0 radical (unpaired) electrons. The molecule has 3 rings (SSSR count). The van der Waals surface area contributed by atoms with Crippen LogP contribution in [0.3, 0.4) is 0 Å². The molecule has 1 heterocycles. The van der Waals surface area contributed by atoms with E-state index in [1.807, 2.05) is 18.2 Å². The molecule has 0 unspecified atom stereocenters. The lowest BCUT2D eigenvalue weighted by atomic mass is 9.85. The van der Waals surface area contributed by atoms with Crippen LogP contribution in [0, 0.1) is 0 Å². The number of fused-ring (bicyclic) bond motifs is 1. The summed E-state index contributed by atoms with van der Waals surface area (Å²) in [4.78, 5) is 25.3. The molecular formula is C24H28N2O4. The quantitative estimate of drug-likeness (QED) is 0.418. The van der Waals surface area contributed by atoms with Gasteiger partial charge in [-0.1, -0.05) is 18.2 Å². The van der Waals surface area contributed by atoms with E-state index in [4.69, 9.17) is 9.47 Å². The van der Waals surface area contributed by atoms with Crippen molar-refractivity contribution >= 4 is 17.4 Å². The van der Waals surface area contributed by atoms with Crippen molar-refractivity contribution in [1.29, 1.82) is 0 Å². The van der Waals surface area contributed by atoms with Crippen molar-refractivity contribution < 1.29 is 19.1 Å². The van der Waals surface area contributed by atoms with Crippen molar-refractivity contribution in [3.05, 3.63) is 70.8 Å². The van der Waals surface area contributed by atoms with Crippen LogP contribution in [0.25, 0.3) is 5.70 Å². The average Bonchev–Trinajstić information content (AvgIpc) is 2.73. The highest BCUT2D eigenvalue weighted by Gasteiger charge is 2.28. The van der Waals surface area contributed by atoms with Gasteiger partial charge in [0.15, 0.2) is 5.78 Å². The summed E-state index contributed by atoms with van der Waals surface area (Å²) in [5.41, 5.74) is 3.57. The largest absolute Gasteiger partial charge is 0.497 e. The zero-order valence-corrected chi connectivity index (χ0v) is 17.9. The zero-order valence-electron chi connectivity index (χ0n) is 17.9. The summed E-state index contributed by atoms with van der Waals surface area (Å²) in [6, 6.07) is 12.6. The average molecular weight is 408 g/mol. The highest BCUT2D eigenvalue weighted by Crippen LogP contribution is 2.32. The van der Waals surface area contributed by atoms with E-state index in [0.717, 1.165) is 29.0 Å². The summed E-state index contributed by atoms with van der Waals surface area (Å²) in [6.45, 7) is 5.04. The molecule has 1 aliphatic rings. The standard InChI is InChI=1S/C24H28N2O4/c1-24(2)15-18-8-9-19(30-4)13-20(18)21(26-24)14-22(27)16-6-5-7-17(12-16)23(28)25-10-11-29-3/h5-9,12-14,26H,10-11,15H2,1-4H3,(H,25,28)/b21-14-. The van der Waals surface area contributed by atoms with Crippen molar-refractivity contribution in [3.63, 3.8) is 0 Å². The Bertz CT molecular complexity index is 979. The first-order valence-electron chi connectivity index (χ1n) is 9.91. The number of ketones is 1. The molecule has 158 valence electrons. The summed E-state index contributed by atoms with van der Waals surface area (Å²) in [5.74, 6) is 0.334. The van der Waals surface area contributed by atoms with Crippen molar-refractivity contribution in [2.75, 3.05) is 27.4 Å². The number of allylic oxidation sites excluding steroid dienone is 1. The Kier molecular flexibility index (Phi) is 6.57. The topological polar surface area (TPSA) is 76.7 Å². The predicted molar refractivity (Wildman–Crippen MR) is 117 cm³/mol. The molecule has 2 aromatic carbocycles. The molecule has 0 saturated heterocycles. The highest BCUT2D eigenvalue weighted by atomic mass is 16.5. The van der Waals surface area contributed by atoms with Gasteiger partial charge in [-0.15, -0.1) is 0 Å². The third-order valence-electron chi connectivity index (χ3n) is 4.99. The SMILES string of the molecule is COCCNC(=O)c1cccc(C(=O)/C=C2\NC(C)(C)Cc3ccc(OC)cc32)c1. The van der Waals surface area contributed by atoms with Crippen molar-refractivity contribution in [2.45, 2.75) is 25.8 Å². The number of amides is 1. The maximum Gasteiger partial charge on any atom is 0.251 e. The fourth-order valence-corrected chi connectivity index (χ4v) is 3.55. The number of nitrogens with one attached hydrogen (secondary N) is 2. The highest BCUT2D eigenvalue weighted by molar-refractivity contribution is 6.10. The number of hydrogen-bond acceptors (Lipinski definition) is 5. The molecule has 6 heteroatoms. The molecule has 0 saturated carbocycles. The third-order valence-corrected chi connectivity index (χ3v) is 4.99. The van der Waals surface area contributed by atoms with Gasteiger partial charge in [-0.25, -0.2) is 0 Å². The minimum atomic E-state index is -0.235. The Labute approximate surface area is 177 Å². The molecular weight excluding hydrogens is 380 g/mol. The van der Waals surface area contributed by atoms with Gasteiger partial charge in [-0.3, -0.25) is 9.59 Å². The van der Waals surface area contributed by atoms with Gasteiger partial charge in [0.05, 0.1) is 13.7 Å². The Balaban J connectivity index is 1.89. The lowest BCUT2D eigenvalue weighted by Crippen LogP contribution is -2.43. The Hall–Kier alpha value is -3.12.